The summed E-state index contributed by atoms with van der Waals surface area (Å²) in [5, 5.41) is 13.7. The number of esters is 1. The number of hydrogen-bond acceptors (Lipinski definition) is 5. The van der Waals surface area contributed by atoms with E-state index in [1.54, 1.807) is 25.1 Å². The highest BCUT2D eigenvalue weighted by Gasteiger charge is 2.28. The number of benzene rings is 3. The third-order valence-electron chi connectivity index (χ3n) is 5.36. The van der Waals surface area contributed by atoms with Crippen LogP contribution in [0.1, 0.15) is 49.1 Å². The zero-order chi connectivity index (χ0) is 22.1. The maximum Gasteiger partial charge on any atom is 0.339 e. The number of nitrogens with one attached hydrogen (secondary N) is 1. The van der Waals surface area contributed by atoms with Crippen molar-refractivity contribution in [2.24, 2.45) is 0 Å². The second-order valence-electron chi connectivity index (χ2n) is 7.59. The monoisotopic (exact) mass is 416 g/mol. The first kappa shape index (κ1) is 20.3. The largest absolute Gasteiger partial charge is 0.454 e. The number of fused-ring (bicyclic) bond motifs is 1. The highest BCUT2D eigenvalue weighted by atomic mass is 16.6. The fourth-order valence-corrected chi connectivity index (χ4v) is 3.60. The lowest BCUT2D eigenvalue weighted by molar-refractivity contribution is -0.384. The molecule has 3 aromatic rings. The van der Waals surface area contributed by atoms with Gasteiger partial charge in [0.05, 0.1) is 10.5 Å². The molecule has 0 saturated heterocycles. The zero-order valence-corrected chi connectivity index (χ0v) is 17.0. The summed E-state index contributed by atoms with van der Waals surface area (Å²) < 4.78 is 5.59. The molecule has 1 amide bonds. The van der Waals surface area contributed by atoms with Crippen LogP contribution >= 0.6 is 0 Å². The van der Waals surface area contributed by atoms with Crippen LogP contribution in [-0.4, -0.2) is 16.8 Å². The number of carbonyl (C=O) groups excluding carboxylic acids is 2. The van der Waals surface area contributed by atoms with Crippen LogP contribution in [0.3, 0.4) is 0 Å². The summed E-state index contributed by atoms with van der Waals surface area (Å²) in [6.45, 7) is 3.68. The van der Waals surface area contributed by atoms with Crippen molar-refractivity contribution in [1.82, 2.24) is 0 Å². The van der Waals surface area contributed by atoms with Gasteiger partial charge in [0.2, 0.25) is 0 Å². The van der Waals surface area contributed by atoms with Crippen LogP contribution in [0.15, 0.2) is 60.7 Å². The second kappa shape index (κ2) is 8.02. The average Bonchev–Trinajstić information content (AvgIpc) is 2.75. The Bertz CT molecular complexity index is 1200. The Morgan fingerprint density at radius 1 is 1.06 bits per heavy atom. The molecule has 7 heteroatoms. The van der Waals surface area contributed by atoms with Crippen molar-refractivity contribution in [3.8, 4) is 0 Å². The van der Waals surface area contributed by atoms with Crippen LogP contribution in [0.4, 0.5) is 11.4 Å². The van der Waals surface area contributed by atoms with E-state index in [2.05, 4.69) is 5.32 Å². The molecule has 1 N–H and O–H groups in total. The van der Waals surface area contributed by atoms with Gasteiger partial charge in [-0.3, -0.25) is 14.9 Å². The first-order chi connectivity index (χ1) is 14.8. The Labute approximate surface area is 178 Å². The number of nitrogens with zero attached hydrogens (tertiary/aromatic N) is 1. The molecule has 7 nitrogen and oxygen atoms in total. The van der Waals surface area contributed by atoms with E-state index >= 15 is 0 Å². The van der Waals surface area contributed by atoms with E-state index < -0.39 is 17.0 Å². The average molecular weight is 416 g/mol. The number of nitro groups is 1. The van der Waals surface area contributed by atoms with Gasteiger partial charge < -0.3 is 10.1 Å². The minimum absolute atomic E-state index is 0.0371. The number of anilines is 1. The van der Waals surface area contributed by atoms with Crippen LogP contribution in [0.2, 0.25) is 0 Å². The second-order valence-corrected chi connectivity index (χ2v) is 7.59. The lowest BCUT2D eigenvalue weighted by atomic mass is 9.92. The van der Waals surface area contributed by atoms with E-state index in [4.69, 9.17) is 4.74 Å². The topological polar surface area (TPSA) is 98.5 Å². The minimum atomic E-state index is -0.481. The normalized spacial score (nSPS) is 15.0. The molecular formula is C24H20N2O5. The number of amides is 1. The Kier molecular flexibility index (Phi) is 5.25. The molecule has 4 rings (SSSR count). The maximum atomic E-state index is 12.8. The van der Waals surface area contributed by atoms with Gasteiger partial charge >= 0.3 is 5.97 Å². The van der Waals surface area contributed by atoms with Crippen LogP contribution in [0, 0.1) is 24.0 Å². The molecule has 0 spiro atoms. The molecule has 3 aromatic carbocycles. The third kappa shape index (κ3) is 4.16. The van der Waals surface area contributed by atoms with Crippen LogP contribution < -0.4 is 5.32 Å². The quantitative estimate of drug-likeness (QED) is 0.370. The Morgan fingerprint density at radius 3 is 2.48 bits per heavy atom. The van der Waals surface area contributed by atoms with E-state index in [0.29, 0.717) is 28.8 Å². The molecule has 1 aliphatic rings. The SMILES string of the molecule is Cc1ccc([C@@H]2Cc3cc(C(=O)Nc4ccc([N+](=O)[O-])cc4C)ccc3C(=O)O2)cc1. The third-order valence-corrected chi connectivity index (χ3v) is 5.36. The summed E-state index contributed by atoms with van der Waals surface area (Å²) in [6.07, 6.45) is 0.0674. The van der Waals surface area contributed by atoms with Crippen molar-refractivity contribution in [3.63, 3.8) is 0 Å². The summed E-state index contributed by atoms with van der Waals surface area (Å²) >= 11 is 0. The molecule has 0 aliphatic carbocycles. The summed E-state index contributed by atoms with van der Waals surface area (Å²) in [5.74, 6) is -0.768. The summed E-state index contributed by atoms with van der Waals surface area (Å²) in [7, 11) is 0. The van der Waals surface area contributed by atoms with Gasteiger partial charge in [0, 0.05) is 29.8 Å². The van der Waals surface area contributed by atoms with Gasteiger partial charge in [0.25, 0.3) is 11.6 Å². The van der Waals surface area contributed by atoms with Crippen LogP contribution in [-0.2, 0) is 11.2 Å². The Balaban J connectivity index is 1.57. The lowest BCUT2D eigenvalue weighted by Crippen LogP contribution is -2.23. The molecule has 0 bridgehead atoms. The molecule has 0 unspecified atom stereocenters. The smallest absolute Gasteiger partial charge is 0.339 e. The maximum absolute atomic E-state index is 12.8. The predicted molar refractivity (Wildman–Crippen MR) is 115 cm³/mol. The zero-order valence-electron chi connectivity index (χ0n) is 17.0. The van der Waals surface area contributed by atoms with Gasteiger partial charge in [-0.15, -0.1) is 0 Å². The molecule has 156 valence electrons. The van der Waals surface area contributed by atoms with E-state index in [9.17, 15) is 19.7 Å². The standard InChI is InChI=1S/C24H20N2O5/c1-14-3-5-16(6-4-14)22-13-18-12-17(7-9-20(18)24(28)31-22)23(27)25-21-10-8-19(26(29)30)11-15(21)2/h3-12,22H,13H2,1-2H3,(H,25,27)/t22-/m0/s1. The number of ether oxygens (including phenoxy) is 1. The molecule has 1 heterocycles. The van der Waals surface area contributed by atoms with E-state index in [-0.39, 0.29) is 11.6 Å². The van der Waals surface area contributed by atoms with Crippen molar-refractivity contribution < 1.29 is 19.2 Å². The van der Waals surface area contributed by atoms with Crippen molar-refractivity contribution in [2.45, 2.75) is 26.4 Å². The van der Waals surface area contributed by atoms with Gasteiger partial charge in [0.1, 0.15) is 6.10 Å². The van der Waals surface area contributed by atoms with E-state index in [1.807, 2.05) is 31.2 Å². The van der Waals surface area contributed by atoms with E-state index in [1.165, 1.54) is 18.2 Å². The molecular weight excluding hydrogens is 396 g/mol. The number of aryl methyl sites for hydroxylation is 2. The van der Waals surface area contributed by atoms with Crippen molar-refractivity contribution in [3.05, 3.63) is 104 Å². The van der Waals surface area contributed by atoms with Crippen LogP contribution in [0.25, 0.3) is 0 Å². The lowest BCUT2D eigenvalue weighted by Gasteiger charge is -2.25. The molecule has 31 heavy (non-hydrogen) atoms. The number of non-ortho nitro benzene ring substituents is 1. The Hall–Kier alpha value is -4.00. The fourth-order valence-electron chi connectivity index (χ4n) is 3.60. The van der Waals surface area contributed by atoms with Gasteiger partial charge in [-0.05, 0) is 54.8 Å². The minimum Gasteiger partial charge on any atom is -0.454 e. The first-order valence-electron chi connectivity index (χ1n) is 9.78. The summed E-state index contributed by atoms with van der Waals surface area (Å²) in [6, 6.07) is 16.9. The van der Waals surface area contributed by atoms with Gasteiger partial charge in [-0.1, -0.05) is 29.8 Å². The van der Waals surface area contributed by atoms with Crippen LogP contribution in [0.5, 0.6) is 0 Å². The fraction of sp³-hybridized carbons (Fsp3) is 0.167. The number of cyclic esters (lactones) is 1. The first-order valence-corrected chi connectivity index (χ1v) is 9.78. The number of nitro benzene ring substituents is 1. The molecule has 1 atom stereocenters. The van der Waals surface area contributed by atoms with E-state index in [0.717, 1.165) is 16.7 Å². The van der Waals surface area contributed by atoms with Gasteiger partial charge in [0.15, 0.2) is 0 Å². The van der Waals surface area contributed by atoms with Crippen molar-refractivity contribution >= 4 is 23.3 Å². The summed E-state index contributed by atoms with van der Waals surface area (Å²) in [4.78, 5) is 35.7. The Morgan fingerprint density at radius 2 is 1.81 bits per heavy atom. The molecule has 1 aliphatic heterocycles. The summed E-state index contributed by atoms with van der Waals surface area (Å²) in [5.41, 5.74) is 4.65. The van der Waals surface area contributed by atoms with Crippen molar-refractivity contribution in [1.29, 1.82) is 0 Å². The number of carbonyl (C=O) groups is 2. The molecule has 0 radical (unpaired) electrons. The number of rotatable bonds is 4. The number of hydrogen-bond donors (Lipinski definition) is 1. The predicted octanol–water partition coefficient (Wildman–Crippen LogP) is 4.92. The highest BCUT2D eigenvalue weighted by molar-refractivity contribution is 6.05. The highest BCUT2D eigenvalue weighted by Crippen LogP contribution is 2.31. The molecule has 0 fully saturated rings. The van der Waals surface area contributed by atoms with Gasteiger partial charge in [-0.25, -0.2) is 4.79 Å². The van der Waals surface area contributed by atoms with Crippen molar-refractivity contribution in [2.75, 3.05) is 5.32 Å². The van der Waals surface area contributed by atoms with Gasteiger partial charge in [-0.2, -0.15) is 0 Å². The molecule has 0 aromatic heterocycles. The molecule has 0 saturated carbocycles.